The van der Waals surface area contributed by atoms with E-state index < -0.39 is 0 Å². The molecule has 0 aliphatic carbocycles. The average Bonchev–Trinajstić information content (AvgIpc) is 1.97. The molecule has 0 aromatic rings. The molecule has 0 amide bonds. The van der Waals surface area contributed by atoms with Gasteiger partial charge in [0.25, 0.3) is 0 Å². The van der Waals surface area contributed by atoms with Crippen LogP contribution in [0.4, 0.5) is 0 Å². The van der Waals surface area contributed by atoms with Gasteiger partial charge in [0.1, 0.15) is 0 Å². The third-order valence-corrected chi connectivity index (χ3v) is 2.12. The van der Waals surface area contributed by atoms with Crippen LogP contribution in [0.5, 0.6) is 0 Å². The van der Waals surface area contributed by atoms with Gasteiger partial charge in [0.05, 0.1) is 5.76 Å². The summed E-state index contributed by atoms with van der Waals surface area (Å²) in [7, 11) is 0. The van der Waals surface area contributed by atoms with E-state index >= 15 is 0 Å². The van der Waals surface area contributed by atoms with Crippen LogP contribution in [0.1, 0.15) is 46.0 Å². The Morgan fingerprint density at radius 1 is 1.36 bits per heavy atom. The van der Waals surface area contributed by atoms with Crippen molar-refractivity contribution >= 4 is 0 Å². The Balaban J connectivity index is 3.43. The fourth-order valence-electron chi connectivity index (χ4n) is 1.33. The molecule has 66 valence electrons. The normalized spacial score (nSPS) is 12.9. The number of allylic oxidation sites excluding steroid dienone is 1. The summed E-state index contributed by atoms with van der Waals surface area (Å²) < 4.78 is 0. The molecule has 0 rings (SSSR count). The minimum Gasteiger partial charge on any atom is -0.513 e. The lowest BCUT2D eigenvalue weighted by Crippen LogP contribution is -1.98. The molecule has 0 aliphatic rings. The molecular formula is C10H20O. The second kappa shape index (κ2) is 6.26. The van der Waals surface area contributed by atoms with E-state index in [4.69, 9.17) is 5.11 Å². The molecule has 0 fully saturated rings. The lowest BCUT2D eigenvalue weighted by atomic mass is 9.95. The van der Waals surface area contributed by atoms with E-state index in [-0.39, 0.29) is 0 Å². The van der Waals surface area contributed by atoms with Crippen molar-refractivity contribution in [3.05, 3.63) is 12.3 Å². The van der Waals surface area contributed by atoms with Gasteiger partial charge >= 0.3 is 0 Å². The maximum atomic E-state index is 8.87. The van der Waals surface area contributed by atoms with Crippen molar-refractivity contribution < 1.29 is 5.11 Å². The van der Waals surface area contributed by atoms with Crippen molar-refractivity contribution in [3.8, 4) is 0 Å². The minimum absolute atomic E-state index is 0.333. The zero-order valence-corrected chi connectivity index (χ0v) is 7.77. The molecule has 0 aliphatic heterocycles. The Morgan fingerprint density at radius 3 is 2.36 bits per heavy atom. The Labute approximate surface area is 70.1 Å². The molecule has 1 heteroatoms. The average molecular weight is 156 g/mol. The first kappa shape index (κ1) is 10.5. The van der Waals surface area contributed by atoms with Crippen LogP contribution >= 0.6 is 0 Å². The SMILES string of the molecule is C=C(O)CCC(CC)CCC. The first-order valence-corrected chi connectivity index (χ1v) is 4.57. The van der Waals surface area contributed by atoms with Crippen LogP contribution in [0.2, 0.25) is 0 Å². The molecule has 0 aromatic heterocycles. The Kier molecular flexibility index (Phi) is 6.00. The maximum Gasteiger partial charge on any atom is 0.0851 e. The summed E-state index contributed by atoms with van der Waals surface area (Å²) in [6.07, 6.45) is 5.62. The smallest absolute Gasteiger partial charge is 0.0851 e. The van der Waals surface area contributed by atoms with E-state index in [2.05, 4.69) is 20.4 Å². The predicted octanol–water partition coefficient (Wildman–Crippen LogP) is 3.66. The van der Waals surface area contributed by atoms with E-state index in [1.165, 1.54) is 19.3 Å². The van der Waals surface area contributed by atoms with Crippen LogP contribution in [0.3, 0.4) is 0 Å². The van der Waals surface area contributed by atoms with Gasteiger partial charge in [-0.05, 0) is 12.3 Å². The Hall–Kier alpha value is -0.460. The van der Waals surface area contributed by atoms with Crippen LogP contribution in [0, 0.1) is 5.92 Å². The molecule has 0 aromatic carbocycles. The van der Waals surface area contributed by atoms with E-state index in [1.54, 1.807) is 0 Å². The summed E-state index contributed by atoms with van der Waals surface area (Å²) >= 11 is 0. The van der Waals surface area contributed by atoms with Crippen LogP contribution < -0.4 is 0 Å². The molecule has 1 nitrogen and oxygen atoms in total. The van der Waals surface area contributed by atoms with Crippen molar-refractivity contribution in [3.63, 3.8) is 0 Å². The summed E-state index contributed by atoms with van der Waals surface area (Å²) in [5.41, 5.74) is 0. The van der Waals surface area contributed by atoms with Gasteiger partial charge in [-0.1, -0.05) is 39.7 Å². The molecule has 0 heterocycles. The van der Waals surface area contributed by atoms with Gasteiger partial charge in [0.2, 0.25) is 0 Å². The van der Waals surface area contributed by atoms with Crippen molar-refractivity contribution in [2.75, 3.05) is 0 Å². The van der Waals surface area contributed by atoms with Crippen LogP contribution in [0.25, 0.3) is 0 Å². The van der Waals surface area contributed by atoms with Gasteiger partial charge in [-0.15, -0.1) is 0 Å². The lowest BCUT2D eigenvalue weighted by molar-refractivity contribution is 0.352. The van der Waals surface area contributed by atoms with Crippen LogP contribution in [-0.4, -0.2) is 5.11 Å². The van der Waals surface area contributed by atoms with Crippen LogP contribution in [-0.2, 0) is 0 Å². The van der Waals surface area contributed by atoms with Gasteiger partial charge in [0, 0.05) is 6.42 Å². The highest BCUT2D eigenvalue weighted by molar-refractivity contribution is 4.79. The number of aliphatic hydroxyl groups excluding tert-OH is 1. The van der Waals surface area contributed by atoms with Crippen molar-refractivity contribution in [1.29, 1.82) is 0 Å². The Morgan fingerprint density at radius 2 is 2.00 bits per heavy atom. The lowest BCUT2D eigenvalue weighted by Gasteiger charge is -2.12. The fraction of sp³-hybridized carbons (Fsp3) is 0.800. The van der Waals surface area contributed by atoms with Gasteiger partial charge in [0.15, 0.2) is 0 Å². The minimum atomic E-state index is 0.333. The highest BCUT2D eigenvalue weighted by Crippen LogP contribution is 2.18. The molecule has 0 radical (unpaired) electrons. The molecule has 0 spiro atoms. The zero-order valence-electron chi connectivity index (χ0n) is 7.77. The van der Waals surface area contributed by atoms with E-state index in [0.717, 1.165) is 18.8 Å². The highest BCUT2D eigenvalue weighted by Gasteiger charge is 2.04. The van der Waals surface area contributed by atoms with Gasteiger partial charge in [-0.25, -0.2) is 0 Å². The Bertz CT molecular complexity index is 107. The summed E-state index contributed by atoms with van der Waals surface area (Å²) in [6.45, 7) is 7.89. The number of rotatable bonds is 6. The summed E-state index contributed by atoms with van der Waals surface area (Å²) in [5, 5.41) is 8.87. The molecule has 0 bridgehead atoms. The molecule has 0 saturated heterocycles. The maximum absolute atomic E-state index is 8.87. The molecule has 0 saturated carbocycles. The third-order valence-electron chi connectivity index (χ3n) is 2.12. The molecule has 11 heavy (non-hydrogen) atoms. The first-order chi connectivity index (χ1) is 5.20. The monoisotopic (exact) mass is 156 g/mol. The van der Waals surface area contributed by atoms with Crippen molar-refractivity contribution in [1.82, 2.24) is 0 Å². The van der Waals surface area contributed by atoms with E-state index in [1.807, 2.05) is 0 Å². The molecular weight excluding hydrogens is 136 g/mol. The number of hydrogen-bond acceptors (Lipinski definition) is 1. The second-order valence-electron chi connectivity index (χ2n) is 3.17. The highest BCUT2D eigenvalue weighted by atomic mass is 16.3. The standard InChI is InChI=1S/C10H20O/c1-4-6-10(5-2)8-7-9(3)11/h10-11H,3-8H2,1-2H3. The molecule has 1 atom stereocenters. The molecule has 1 unspecified atom stereocenters. The quantitative estimate of drug-likeness (QED) is 0.582. The summed E-state index contributed by atoms with van der Waals surface area (Å²) in [4.78, 5) is 0. The second-order valence-corrected chi connectivity index (χ2v) is 3.17. The van der Waals surface area contributed by atoms with Crippen molar-refractivity contribution in [2.45, 2.75) is 46.0 Å². The van der Waals surface area contributed by atoms with Gasteiger partial charge in [-0.3, -0.25) is 0 Å². The molecule has 1 N–H and O–H groups in total. The fourth-order valence-corrected chi connectivity index (χ4v) is 1.33. The summed E-state index contributed by atoms with van der Waals surface area (Å²) in [6, 6.07) is 0. The third kappa shape index (κ3) is 5.96. The van der Waals surface area contributed by atoms with E-state index in [9.17, 15) is 0 Å². The first-order valence-electron chi connectivity index (χ1n) is 4.57. The zero-order chi connectivity index (χ0) is 8.69. The topological polar surface area (TPSA) is 20.2 Å². The summed E-state index contributed by atoms with van der Waals surface area (Å²) in [5.74, 6) is 1.11. The number of aliphatic hydroxyl groups is 1. The van der Waals surface area contributed by atoms with Crippen molar-refractivity contribution in [2.24, 2.45) is 5.92 Å². The van der Waals surface area contributed by atoms with E-state index in [0.29, 0.717) is 5.76 Å². The van der Waals surface area contributed by atoms with Crippen LogP contribution in [0.15, 0.2) is 12.3 Å². The van der Waals surface area contributed by atoms with Gasteiger partial charge in [-0.2, -0.15) is 0 Å². The van der Waals surface area contributed by atoms with Gasteiger partial charge < -0.3 is 5.11 Å². The number of hydrogen-bond donors (Lipinski definition) is 1. The predicted molar refractivity (Wildman–Crippen MR) is 49.7 cm³/mol. The largest absolute Gasteiger partial charge is 0.513 e.